The number of aliphatic imine (C=N–C) groups is 2. The Morgan fingerprint density at radius 2 is 1.59 bits per heavy atom. The Labute approximate surface area is 131 Å². The van der Waals surface area contributed by atoms with E-state index in [0.717, 1.165) is 25.7 Å². The standard InChI is InChI=1S/C16H26N2O4/c1-3-5-7-13(16(21)22)10-15(18-12-20)9-6-8-14(4-2)17-11-19/h13-15H,3-10H2,1-2H3,(H,21,22). The molecule has 0 radical (unpaired) electrons. The van der Waals surface area contributed by atoms with E-state index in [1.807, 2.05) is 13.8 Å². The summed E-state index contributed by atoms with van der Waals surface area (Å²) in [5.74, 6) is -1.31. The first kappa shape index (κ1) is 20.2. The Kier molecular flexibility index (Phi) is 11.9. The number of isocyanates is 2. The number of hydrogen-bond acceptors (Lipinski definition) is 5. The zero-order valence-corrected chi connectivity index (χ0v) is 13.5. The normalized spacial score (nSPS) is 14.3. The van der Waals surface area contributed by atoms with Crippen molar-refractivity contribution in [3.63, 3.8) is 0 Å². The number of nitrogens with zero attached hydrogens (tertiary/aromatic N) is 2. The first-order chi connectivity index (χ1) is 10.6. The predicted molar refractivity (Wildman–Crippen MR) is 83.2 cm³/mol. The monoisotopic (exact) mass is 310 g/mol. The maximum absolute atomic E-state index is 11.3. The van der Waals surface area contributed by atoms with Crippen LogP contribution in [0.25, 0.3) is 0 Å². The predicted octanol–water partition coefficient (Wildman–Crippen LogP) is 3.26. The third-order valence-corrected chi connectivity index (χ3v) is 3.83. The van der Waals surface area contributed by atoms with Crippen molar-refractivity contribution >= 4 is 18.1 Å². The molecule has 22 heavy (non-hydrogen) atoms. The van der Waals surface area contributed by atoms with Crippen LogP contribution >= 0.6 is 0 Å². The molecule has 0 aromatic carbocycles. The van der Waals surface area contributed by atoms with Crippen LogP contribution in [0, 0.1) is 5.92 Å². The summed E-state index contributed by atoms with van der Waals surface area (Å²) in [6.07, 6.45) is 8.66. The van der Waals surface area contributed by atoms with Crippen molar-refractivity contribution in [2.75, 3.05) is 0 Å². The second kappa shape index (κ2) is 12.9. The van der Waals surface area contributed by atoms with Gasteiger partial charge in [0.15, 0.2) is 0 Å². The van der Waals surface area contributed by atoms with Gasteiger partial charge in [0.05, 0.1) is 18.0 Å². The molecule has 0 bridgehead atoms. The highest BCUT2D eigenvalue weighted by Crippen LogP contribution is 2.21. The van der Waals surface area contributed by atoms with E-state index in [1.54, 1.807) is 12.2 Å². The van der Waals surface area contributed by atoms with Gasteiger partial charge in [-0.25, -0.2) is 19.6 Å². The highest BCUT2D eigenvalue weighted by molar-refractivity contribution is 5.70. The molecule has 0 aromatic rings. The Balaban J connectivity index is 4.48. The molecule has 3 unspecified atom stereocenters. The van der Waals surface area contributed by atoms with Gasteiger partial charge in [-0.1, -0.05) is 26.7 Å². The summed E-state index contributed by atoms with van der Waals surface area (Å²) in [4.78, 5) is 39.5. The molecule has 3 atom stereocenters. The van der Waals surface area contributed by atoms with E-state index in [4.69, 9.17) is 0 Å². The van der Waals surface area contributed by atoms with Gasteiger partial charge in [0.25, 0.3) is 0 Å². The van der Waals surface area contributed by atoms with Gasteiger partial charge in [-0.3, -0.25) is 4.79 Å². The average molecular weight is 310 g/mol. The summed E-state index contributed by atoms with van der Waals surface area (Å²) >= 11 is 0. The lowest BCUT2D eigenvalue weighted by Gasteiger charge is -2.17. The number of carboxylic acid groups (broad SMARTS) is 1. The van der Waals surface area contributed by atoms with Crippen LogP contribution in [0.4, 0.5) is 0 Å². The van der Waals surface area contributed by atoms with E-state index in [-0.39, 0.29) is 12.1 Å². The summed E-state index contributed by atoms with van der Waals surface area (Å²) in [6.45, 7) is 3.95. The van der Waals surface area contributed by atoms with E-state index < -0.39 is 11.9 Å². The van der Waals surface area contributed by atoms with Crippen LogP contribution in [0.1, 0.15) is 65.2 Å². The van der Waals surface area contributed by atoms with E-state index in [0.29, 0.717) is 25.7 Å². The lowest BCUT2D eigenvalue weighted by atomic mass is 9.92. The van der Waals surface area contributed by atoms with E-state index in [1.165, 1.54) is 0 Å². The lowest BCUT2D eigenvalue weighted by Crippen LogP contribution is -2.20. The number of unbranched alkanes of at least 4 members (excludes halogenated alkanes) is 1. The number of carboxylic acids is 1. The molecule has 0 aliphatic rings. The molecule has 0 fully saturated rings. The fourth-order valence-corrected chi connectivity index (χ4v) is 2.45. The van der Waals surface area contributed by atoms with Crippen molar-refractivity contribution in [1.29, 1.82) is 0 Å². The van der Waals surface area contributed by atoms with Gasteiger partial charge in [-0.2, -0.15) is 0 Å². The SMILES string of the molecule is CCCCC(CC(CCCC(CC)N=C=O)N=C=O)C(=O)O. The quantitative estimate of drug-likeness (QED) is 0.417. The molecule has 0 heterocycles. The minimum absolute atomic E-state index is 0.0614. The summed E-state index contributed by atoms with van der Waals surface area (Å²) < 4.78 is 0. The van der Waals surface area contributed by atoms with Gasteiger partial charge in [0, 0.05) is 0 Å². The van der Waals surface area contributed by atoms with Gasteiger partial charge >= 0.3 is 5.97 Å². The molecule has 0 spiro atoms. The average Bonchev–Trinajstić information content (AvgIpc) is 2.50. The molecule has 6 heteroatoms. The van der Waals surface area contributed by atoms with Gasteiger partial charge < -0.3 is 5.11 Å². The highest BCUT2D eigenvalue weighted by Gasteiger charge is 2.22. The van der Waals surface area contributed by atoms with Crippen LogP contribution in [0.3, 0.4) is 0 Å². The maximum atomic E-state index is 11.3. The molecule has 1 N–H and O–H groups in total. The molecule has 0 aliphatic heterocycles. The summed E-state index contributed by atoms with van der Waals surface area (Å²) in [5, 5.41) is 9.24. The van der Waals surface area contributed by atoms with Crippen LogP contribution in [0.2, 0.25) is 0 Å². The van der Waals surface area contributed by atoms with Crippen molar-refractivity contribution in [2.24, 2.45) is 15.9 Å². The zero-order chi connectivity index (χ0) is 16.8. The van der Waals surface area contributed by atoms with E-state index >= 15 is 0 Å². The topological polar surface area (TPSA) is 96.2 Å². The van der Waals surface area contributed by atoms with Crippen LogP contribution in [0.15, 0.2) is 9.98 Å². The van der Waals surface area contributed by atoms with Crippen LogP contribution in [-0.4, -0.2) is 35.3 Å². The number of hydrogen-bond donors (Lipinski definition) is 1. The fraction of sp³-hybridized carbons (Fsp3) is 0.812. The largest absolute Gasteiger partial charge is 0.481 e. The Bertz CT molecular complexity index is 412. The summed E-state index contributed by atoms with van der Waals surface area (Å²) in [5.41, 5.74) is 0. The Morgan fingerprint density at radius 3 is 2.09 bits per heavy atom. The molecular formula is C16H26N2O4. The fourth-order valence-electron chi connectivity index (χ4n) is 2.45. The van der Waals surface area contributed by atoms with Crippen LogP contribution in [-0.2, 0) is 14.4 Å². The lowest BCUT2D eigenvalue weighted by molar-refractivity contribution is -0.142. The zero-order valence-electron chi connectivity index (χ0n) is 13.5. The molecule has 6 nitrogen and oxygen atoms in total. The minimum Gasteiger partial charge on any atom is -0.481 e. The first-order valence-corrected chi connectivity index (χ1v) is 7.95. The summed E-state index contributed by atoms with van der Waals surface area (Å²) in [7, 11) is 0. The molecule has 0 rings (SSSR count). The molecular weight excluding hydrogens is 284 g/mol. The van der Waals surface area contributed by atoms with Crippen molar-refractivity contribution in [2.45, 2.75) is 77.3 Å². The first-order valence-electron chi connectivity index (χ1n) is 7.95. The summed E-state index contributed by atoms with van der Waals surface area (Å²) in [6, 6.07) is -0.387. The van der Waals surface area contributed by atoms with Crippen LogP contribution in [0.5, 0.6) is 0 Å². The number of carbonyl (C=O) groups excluding carboxylic acids is 2. The smallest absolute Gasteiger partial charge is 0.306 e. The molecule has 0 saturated heterocycles. The van der Waals surface area contributed by atoms with E-state index in [2.05, 4.69) is 9.98 Å². The third-order valence-electron chi connectivity index (χ3n) is 3.83. The molecule has 124 valence electrons. The van der Waals surface area contributed by atoms with Crippen LogP contribution < -0.4 is 0 Å². The van der Waals surface area contributed by atoms with Gasteiger partial charge in [-0.05, 0) is 38.5 Å². The number of aliphatic carboxylic acids is 1. The maximum Gasteiger partial charge on any atom is 0.306 e. The second-order valence-corrected chi connectivity index (χ2v) is 5.50. The van der Waals surface area contributed by atoms with Gasteiger partial charge in [0.2, 0.25) is 12.2 Å². The van der Waals surface area contributed by atoms with Crippen molar-refractivity contribution in [3.8, 4) is 0 Å². The molecule has 0 saturated carbocycles. The number of carbonyl (C=O) groups is 1. The van der Waals surface area contributed by atoms with Gasteiger partial charge in [-0.15, -0.1) is 0 Å². The van der Waals surface area contributed by atoms with Gasteiger partial charge in [0.1, 0.15) is 0 Å². The second-order valence-electron chi connectivity index (χ2n) is 5.50. The third kappa shape index (κ3) is 9.22. The number of rotatable bonds is 13. The Hall–Kier alpha value is -1.77. The minimum atomic E-state index is -0.837. The van der Waals surface area contributed by atoms with E-state index in [9.17, 15) is 19.5 Å². The molecule has 0 aliphatic carbocycles. The molecule has 0 aromatic heterocycles. The van der Waals surface area contributed by atoms with Crippen molar-refractivity contribution < 1.29 is 19.5 Å². The Morgan fingerprint density at radius 1 is 1.00 bits per heavy atom. The highest BCUT2D eigenvalue weighted by atomic mass is 16.4. The molecule has 0 amide bonds. The van der Waals surface area contributed by atoms with Crippen molar-refractivity contribution in [3.05, 3.63) is 0 Å². The van der Waals surface area contributed by atoms with Crippen molar-refractivity contribution in [1.82, 2.24) is 0 Å².